The summed E-state index contributed by atoms with van der Waals surface area (Å²) in [6, 6.07) is 7.02. The maximum Gasteiger partial charge on any atom is 0.270 e. The fourth-order valence-electron chi connectivity index (χ4n) is 2.82. The average molecular weight is 368 g/mol. The van der Waals surface area contributed by atoms with Crippen LogP contribution in [-0.2, 0) is 4.79 Å². The van der Waals surface area contributed by atoms with Crippen LogP contribution in [0, 0.1) is 17.0 Å². The van der Waals surface area contributed by atoms with Gasteiger partial charge in [0.15, 0.2) is 0 Å². The lowest BCUT2D eigenvalue weighted by Crippen LogP contribution is -2.31. The second-order valence-electron chi connectivity index (χ2n) is 6.04. The van der Waals surface area contributed by atoms with Crippen LogP contribution in [0.25, 0.3) is 0 Å². The van der Waals surface area contributed by atoms with Crippen molar-refractivity contribution < 1.29 is 19.3 Å². The topological polar surface area (TPSA) is 123 Å². The summed E-state index contributed by atoms with van der Waals surface area (Å²) < 4.78 is 0. The standard InChI is InChI=1S/C18H16N4O5/c1-11-15(4-2-8-19-11)20-16(23)5-3-9-21-17(24)13-7-6-12(22(26)27)10-14(13)18(21)25/h2,4,6-8,10H,3,5,9H2,1H3,(H,20,23). The Morgan fingerprint density at radius 3 is 2.67 bits per heavy atom. The summed E-state index contributed by atoms with van der Waals surface area (Å²) >= 11 is 0. The quantitative estimate of drug-likeness (QED) is 0.474. The van der Waals surface area contributed by atoms with Crippen LogP contribution in [0.2, 0.25) is 0 Å². The predicted molar refractivity (Wildman–Crippen MR) is 95.3 cm³/mol. The molecule has 1 aliphatic rings. The maximum absolute atomic E-state index is 12.4. The number of non-ortho nitro benzene ring substituents is 1. The number of pyridine rings is 1. The zero-order valence-corrected chi connectivity index (χ0v) is 14.5. The molecule has 0 aliphatic carbocycles. The Morgan fingerprint density at radius 2 is 1.96 bits per heavy atom. The zero-order valence-electron chi connectivity index (χ0n) is 14.5. The molecule has 0 unspecified atom stereocenters. The van der Waals surface area contributed by atoms with Gasteiger partial charge >= 0.3 is 0 Å². The number of imide groups is 1. The Labute approximate surface area is 154 Å². The number of hydrogen-bond donors (Lipinski definition) is 1. The minimum absolute atomic E-state index is 0.0182. The number of nitro groups is 1. The van der Waals surface area contributed by atoms with E-state index < -0.39 is 16.7 Å². The van der Waals surface area contributed by atoms with E-state index in [1.165, 1.54) is 12.1 Å². The van der Waals surface area contributed by atoms with E-state index in [0.29, 0.717) is 11.4 Å². The maximum atomic E-state index is 12.4. The van der Waals surface area contributed by atoms with Crippen molar-refractivity contribution in [3.05, 3.63) is 63.5 Å². The number of aryl methyl sites for hydroxylation is 1. The summed E-state index contributed by atoms with van der Waals surface area (Å²) in [6.07, 6.45) is 2.01. The molecule has 0 spiro atoms. The van der Waals surface area contributed by atoms with Gasteiger partial charge in [-0.25, -0.2) is 0 Å². The lowest BCUT2D eigenvalue weighted by atomic mass is 10.1. The molecule has 3 amide bonds. The molecule has 1 aromatic heterocycles. The highest BCUT2D eigenvalue weighted by molar-refractivity contribution is 6.21. The molecule has 9 nitrogen and oxygen atoms in total. The summed E-state index contributed by atoms with van der Waals surface area (Å²) in [4.78, 5) is 52.0. The fraction of sp³-hybridized carbons (Fsp3) is 0.222. The molecule has 1 aliphatic heterocycles. The van der Waals surface area contributed by atoms with E-state index in [9.17, 15) is 24.5 Å². The molecule has 0 saturated heterocycles. The minimum Gasteiger partial charge on any atom is -0.325 e. The molecule has 0 atom stereocenters. The number of benzene rings is 1. The highest BCUT2D eigenvalue weighted by Gasteiger charge is 2.36. The van der Waals surface area contributed by atoms with E-state index in [4.69, 9.17) is 0 Å². The van der Waals surface area contributed by atoms with Crippen LogP contribution < -0.4 is 5.32 Å². The lowest BCUT2D eigenvalue weighted by molar-refractivity contribution is -0.384. The third-order valence-corrected chi connectivity index (χ3v) is 4.23. The van der Waals surface area contributed by atoms with E-state index >= 15 is 0 Å². The van der Waals surface area contributed by atoms with Gasteiger partial charge in [0, 0.05) is 31.3 Å². The summed E-state index contributed by atoms with van der Waals surface area (Å²) in [6.45, 7) is 1.83. The Morgan fingerprint density at radius 1 is 1.22 bits per heavy atom. The number of amides is 3. The van der Waals surface area contributed by atoms with Gasteiger partial charge in [-0.05, 0) is 31.5 Å². The molecule has 0 saturated carbocycles. The first kappa shape index (κ1) is 18.2. The van der Waals surface area contributed by atoms with E-state index in [2.05, 4.69) is 10.3 Å². The SMILES string of the molecule is Cc1ncccc1NC(=O)CCCN1C(=O)c2ccc([N+](=O)[O-])cc2C1=O. The number of rotatable bonds is 6. The molecule has 27 heavy (non-hydrogen) atoms. The van der Waals surface area contributed by atoms with Gasteiger partial charge in [-0.15, -0.1) is 0 Å². The number of carbonyl (C=O) groups is 3. The minimum atomic E-state index is -0.620. The Balaban J connectivity index is 1.59. The molecular weight excluding hydrogens is 352 g/mol. The molecule has 2 heterocycles. The number of anilines is 1. The Kier molecular flexibility index (Phi) is 4.93. The molecule has 3 rings (SSSR count). The number of nitrogens with zero attached hydrogens (tertiary/aromatic N) is 3. The van der Waals surface area contributed by atoms with Crippen LogP contribution in [0.5, 0.6) is 0 Å². The number of fused-ring (bicyclic) bond motifs is 1. The van der Waals surface area contributed by atoms with Gasteiger partial charge < -0.3 is 5.32 Å². The van der Waals surface area contributed by atoms with Crippen molar-refractivity contribution in [2.24, 2.45) is 0 Å². The van der Waals surface area contributed by atoms with Crippen molar-refractivity contribution in [3.63, 3.8) is 0 Å². The highest BCUT2D eigenvalue weighted by Crippen LogP contribution is 2.27. The molecule has 138 valence electrons. The van der Waals surface area contributed by atoms with Crippen molar-refractivity contribution in [2.75, 3.05) is 11.9 Å². The van der Waals surface area contributed by atoms with Crippen LogP contribution in [0.1, 0.15) is 39.3 Å². The van der Waals surface area contributed by atoms with E-state index in [0.717, 1.165) is 11.0 Å². The number of hydrogen-bond acceptors (Lipinski definition) is 6. The van der Waals surface area contributed by atoms with Gasteiger partial charge in [-0.1, -0.05) is 0 Å². The summed E-state index contributed by atoms with van der Waals surface area (Å²) in [5.41, 5.74) is 1.21. The molecule has 2 aromatic rings. The highest BCUT2D eigenvalue weighted by atomic mass is 16.6. The first-order valence-electron chi connectivity index (χ1n) is 8.24. The second kappa shape index (κ2) is 7.32. The number of nitro benzene ring substituents is 1. The average Bonchev–Trinajstić information content (AvgIpc) is 2.88. The monoisotopic (exact) mass is 368 g/mol. The molecule has 1 aromatic carbocycles. The fourth-order valence-corrected chi connectivity index (χ4v) is 2.82. The van der Waals surface area contributed by atoms with Crippen molar-refractivity contribution in [1.29, 1.82) is 0 Å². The van der Waals surface area contributed by atoms with E-state index in [1.54, 1.807) is 25.3 Å². The molecule has 0 radical (unpaired) electrons. The molecule has 1 N–H and O–H groups in total. The second-order valence-corrected chi connectivity index (χ2v) is 6.04. The number of nitrogens with one attached hydrogen (secondary N) is 1. The number of carbonyl (C=O) groups excluding carboxylic acids is 3. The molecule has 0 bridgehead atoms. The van der Waals surface area contributed by atoms with Crippen LogP contribution in [-0.4, -0.2) is 39.1 Å². The van der Waals surface area contributed by atoms with Gasteiger partial charge in [0.2, 0.25) is 5.91 Å². The Bertz CT molecular complexity index is 957. The molecular formula is C18H16N4O5. The first-order chi connectivity index (χ1) is 12.9. The van der Waals surface area contributed by atoms with E-state index in [1.807, 2.05) is 0 Å². The van der Waals surface area contributed by atoms with Gasteiger partial charge in [0.25, 0.3) is 17.5 Å². The van der Waals surface area contributed by atoms with Crippen molar-refractivity contribution >= 4 is 29.1 Å². The third kappa shape index (κ3) is 3.66. The number of aromatic nitrogens is 1. The molecule has 0 fully saturated rings. The first-order valence-corrected chi connectivity index (χ1v) is 8.24. The smallest absolute Gasteiger partial charge is 0.270 e. The largest absolute Gasteiger partial charge is 0.325 e. The third-order valence-electron chi connectivity index (χ3n) is 4.23. The normalized spacial score (nSPS) is 12.9. The summed E-state index contributed by atoms with van der Waals surface area (Å²) in [5.74, 6) is -1.34. The predicted octanol–water partition coefficient (Wildman–Crippen LogP) is 2.31. The van der Waals surface area contributed by atoms with E-state index in [-0.39, 0.29) is 42.1 Å². The Hall–Kier alpha value is -3.62. The van der Waals surface area contributed by atoms with Crippen molar-refractivity contribution in [2.45, 2.75) is 19.8 Å². The summed E-state index contributed by atoms with van der Waals surface area (Å²) in [7, 11) is 0. The molecule has 9 heteroatoms. The van der Waals surface area contributed by atoms with Crippen LogP contribution in [0.4, 0.5) is 11.4 Å². The zero-order chi connectivity index (χ0) is 19.6. The van der Waals surface area contributed by atoms with Crippen molar-refractivity contribution in [3.8, 4) is 0 Å². The van der Waals surface area contributed by atoms with Crippen LogP contribution in [0.3, 0.4) is 0 Å². The van der Waals surface area contributed by atoms with Gasteiger partial charge in [0.05, 0.1) is 27.4 Å². The van der Waals surface area contributed by atoms with Gasteiger partial charge in [0.1, 0.15) is 0 Å². The van der Waals surface area contributed by atoms with Crippen LogP contribution in [0.15, 0.2) is 36.5 Å². The van der Waals surface area contributed by atoms with Gasteiger partial charge in [-0.2, -0.15) is 0 Å². The summed E-state index contributed by atoms with van der Waals surface area (Å²) in [5, 5.41) is 13.6. The van der Waals surface area contributed by atoms with Crippen LogP contribution >= 0.6 is 0 Å². The van der Waals surface area contributed by atoms with Gasteiger partial charge in [-0.3, -0.25) is 34.4 Å². The lowest BCUT2D eigenvalue weighted by Gasteiger charge is -2.13. The van der Waals surface area contributed by atoms with Crippen molar-refractivity contribution in [1.82, 2.24) is 9.88 Å².